The maximum absolute atomic E-state index is 11.8. The van der Waals surface area contributed by atoms with Crippen LogP contribution in [0.3, 0.4) is 0 Å². The Hall–Kier alpha value is -1.91. The van der Waals surface area contributed by atoms with E-state index in [4.69, 9.17) is 4.74 Å². The fourth-order valence-corrected chi connectivity index (χ4v) is 1.79. The lowest BCUT2D eigenvalue weighted by atomic mass is 10.3. The molecule has 0 aromatic carbocycles. The van der Waals surface area contributed by atoms with Crippen molar-refractivity contribution in [3.63, 3.8) is 0 Å². The highest BCUT2D eigenvalue weighted by atomic mass is 16.5. The zero-order valence-corrected chi connectivity index (χ0v) is 9.37. The van der Waals surface area contributed by atoms with Crippen molar-refractivity contribution in [2.45, 2.75) is 19.3 Å². The molecule has 0 aliphatic heterocycles. The highest BCUT2D eigenvalue weighted by Crippen LogP contribution is 2.32. The van der Waals surface area contributed by atoms with Crippen molar-refractivity contribution in [1.29, 1.82) is 0 Å². The van der Waals surface area contributed by atoms with Gasteiger partial charge in [0, 0.05) is 12.4 Å². The van der Waals surface area contributed by atoms with Gasteiger partial charge in [-0.2, -0.15) is 5.10 Å². The van der Waals surface area contributed by atoms with E-state index in [1.807, 2.05) is 0 Å². The van der Waals surface area contributed by atoms with Crippen LogP contribution in [0.2, 0.25) is 0 Å². The first-order valence-electron chi connectivity index (χ1n) is 5.79. The fraction of sp³-hybridized carbons (Fsp3) is 0.417. The Balaban J connectivity index is 1.71. The summed E-state index contributed by atoms with van der Waals surface area (Å²) in [5.74, 6) is 0.460. The van der Waals surface area contributed by atoms with Gasteiger partial charge >= 0.3 is 5.97 Å². The second-order valence-corrected chi connectivity index (χ2v) is 4.33. The molecule has 0 radical (unpaired) electrons. The second kappa shape index (κ2) is 4.16. The Morgan fingerprint density at radius 1 is 1.47 bits per heavy atom. The Bertz CT molecular complexity index is 545. The molecule has 0 bridgehead atoms. The van der Waals surface area contributed by atoms with Crippen LogP contribution in [0.4, 0.5) is 0 Å². The summed E-state index contributed by atoms with van der Waals surface area (Å²) in [6.07, 6.45) is 10.00. The average molecular weight is 231 g/mol. The van der Waals surface area contributed by atoms with E-state index < -0.39 is 0 Å². The number of rotatable bonds is 4. The fourth-order valence-electron chi connectivity index (χ4n) is 1.79. The predicted octanol–water partition coefficient (Wildman–Crippen LogP) is 1.69. The maximum Gasteiger partial charge on any atom is 0.342 e. The third-order valence-corrected chi connectivity index (χ3v) is 3.00. The molecule has 5 nitrogen and oxygen atoms in total. The van der Waals surface area contributed by atoms with Crippen LogP contribution in [0.15, 0.2) is 24.8 Å². The minimum atomic E-state index is -0.311. The molecule has 17 heavy (non-hydrogen) atoms. The van der Waals surface area contributed by atoms with Crippen molar-refractivity contribution in [3.05, 3.63) is 30.4 Å². The molecule has 0 N–H and O–H groups in total. The van der Waals surface area contributed by atoms with E-state index in [-0.39, 0.29) is 5.97 Å². The van der Waals surface area contributed by atoms with Crippen molar-refractivity contribution in [2.75, 3.05) is 6.61 Å². The number of carbonyl (C=O) groups excluding carboxylic acids is 1. The molecule has 0 atom stereocenters. The topological polar surface area (TPSA) is 56.5 Å². The summed E-state index contributed by atoms with van der Waals surface area (Å²) in [7, 11) is 0. The third kappa shape index (κ3) is 2.13. The first-order chi connectivity index (χ1) is 8.34. The molecule has 0 saturated heterocycles. The Labute approximate surface area is 98.4 Å². The van der Waals surface area contributed by atoms with E-state index in [1.54, 1.807) is 23.1 Å². The lowest BCUT2D eigenvalue weighted by molar-refractivity contribution is 0.0497. The van der Waals surface area contributed by atoms with Gasteiger partial charge in [0.2, 0.25) is 0 Å². The van der Waals surface area contributed by atoms with E-state index in [9.17, 15) is 4.79 Å². The van der Waals surface area contributed by atoms with Gasteiger partial charge in [-0.15, -0.1) is 0 Å². The SMILES string of the molecule is O=C(OCCC1CC1)c1cnn2ccncc12. The summed E-state index contributed by atoms with van der Waals surface area (Å²) in [5, 5.41) is 4.07. The average Bonchev–Trinajstić information content (AvgIpc) is 3.07. The van der Waals surface area contributed by atoms with Crippen LogP contribution >= 0.6 is 0 Å². The molecule has 2 aromatic rings. The molecule has 2 aromatic heterocycles. The molecule has 1 aliphatic carbocycles. The summed E-state index contributed by atoms with van der Waals surface area (Å²) < 4.78 is 6.84. The van der Waals surface area contributed by atoms with Crippen LogP contribution in [0, 0.1) is 5.92 Å². The first kappa shape index (κ1) is 10.3. The van der Waals surface area contributed by atoms with Crippen molar-refractivity contribution >= 4 is 11.5 Å². The molecule has 5 heteroatoms. The van der Waals surface area contributed by atoms with Gasteiger partial charge in [-0.25, -0.2) is 9.31 Å². The van der Waals surface area contributed by atoms with Gasteiger partial charge in [0.1, 0.15) is 5.56 Å². The lowest BCUT2D eigenvalue weighted by Gasteiger charge is -2.02. The summed E-state index contributed by atoms with van der Waals surface area (Å²) >= 11 is 0. The Kier molecular flexibility index (Phi) is 2.51. The van der Waals surface area contributed by atoms with Crippen molar-refractivity contribution < 1.29 is 9.53 Å². The van der Waals surface area contributed by atoms with Crippen LogP contribution in [0.25, 0.3) is 5.52 Å². The minimum Gasteiger partial charge on any atom is -0.462 e. The quantitative estimate of drug-likeness (QED) is 0.751. The standard InChI is InChI=1S/C12H13N3O2/c16-12(17-6-3-9-1-2-9)10-7-14-15-5-4-13-8-11(10)15/h4-5,7-9H,1-3,6H2. The predicted molar refractivity (Wildman–Crippen MR) is 60.6 cm³/mol. The van der Waals surface area contributed by atoms with Gasteiger partial charge in [-0.3, -0.25) is 4.98 Å². The first-order valence-corrected chi connectivity index (χ1v) is 5.79. The number of esters is 1. The molecular weight excluding hydrogens is 218 g/mol. The van der Waals surface area contributed by atoms with Gasteiger partial charge in [-0.05, 0) is 12.3 Å². The normalized spacial score (nSPS) is 15.1. The number of aromatic nitrogens is 3. The van der Waals surface area contributed by atoms with E-state index in [1.165, 1.54) is 19.0 Å². The van der Waals surface area contributed by atoms with Crippen LogP contribution < -0.4 is 0 Å². The number of carbonyl (C=O) groups is 1. The summed E-state index contributed by atoms with van der Waals surface area (Å²) in [6.45, 7) is 0.501. The van der Waals surface area contributed by atoms with Gasteiger partial charge in [0.15, 0.2) is 0 Å². The van der Waals surface area contributed by atoms with Gasteiger partial charge in [0.05, 0.1) is 24.5 Å². The van der Waals surface area contributed by atoms with Crippen molar-refractivity contribution in [2.24, 2.45) is 5.92 Å². The van der Waals surface area contributed by atoms with Crippen LogP contribution in [0.5, 0.6) is 0 Å². The van der Waals surface area contributed by atoms with Crippen LogP contribution in [0.1, 0.15) is 29.6 Å². The Morgan fingerprint density at radius 3 is 3.18 bits per heavy atom. The second-order valence-electron chi connectivity index (χ2n) is 4.33. The number of nitrogens with zero attached hydrogens (tertiary/aromatic N) is 3. The molecule has 0 spiro atoms. The number of ether oxygens (including phenoxy) is 1. The van der Waals surface area contributed by atoms with Crippen molar-refractivity contribution in [3.8, 4) is 0 Å². The molecule has 3 rings (SSSR count). The summed E-state index contributed by atoms with van der Waals surface area (Å²) in [6, 6.07) is 0. The Morgan fingerprint density at radius 2 is 2.35 bits per heavy atom. The van der Waals surface area contributed by atoms with Crippen LogP contribution in [-0.4, -0.2) is 27.2 Å². The number of hydrogen-bond acceptors (Lipinski definition) is 4. The molecule has 0 unspecified atom stereocenters. The van der Waals surface area contributed by atoms with Gasteiger partial charge < -0.3 is 4.74 Å². The molecule has 1 fully saturated rings. The van der Waals surface area contributed by atoms with Gasteiger partial charge in [0.25, 0.3) is 0 Å². The van der Waals surface area contributed by atoms with Crippen molar-refractivity contribution in [1.82, 2.24) is 14.6 Å². The summed E-state index contributed by atoms with van der Waals surface area (Å²) in [5.41, 5.74) is 1.16. The zero-order chi connectivity index (χ0) is 11.7. The van der Waals surface area contributed by atoms with Crippen LogP contribution in [-0.2, 0) is 4.74 Å². The molecule has 88 valence electrons. The highest BCUT2D eigenvalue weighted by molar-refractivity contribution is 5.96. The van der Waals surface area contributed by atoms with E-state index in [0.717, 1.165) is 12.3 Å². The highest BCUT2D eigenvalue weighted by Gasteiger charge is 2.22. The maximum atomic E-state index is 11.8. The van der Waals surface area contributed by atoms with E-state index >= 15 is 0 Å². The third-order valence-electron chi connectivity index (χ3n) is 3.00. The molecule has 0 amide bonds. The monoisotopic (exact) mass is 231 g/mol. The molecular formula is C12H13N3O2. The molecule has 2 heterocycles. The van der Waals surface area contributed by atoms with E-state index in [2.05, 4.69) is 10.1 Å². The summed E-state index contributed by atoms with van der Waals surface area (Å²) in [4.78, 5) is 15.8. The lowest BCUT2D eigenvalue weighted by Crippen LogP contribution is -2.06. The number of hydrogen-bond donors (Lipinski definition) is 0. The van der Waals surface area contributed by atoms with E-state index in [0.29, 0.717) is 17.7 Å². The minimum absolute atomic E-state index is 0.311. The number of fused-ring (bicyclic) bond motifs is 1. The molecule has 1 aliphatic rings. The smallest absolute Gasteiger partial charge is 0.342 e. The largest absolute Gasteiger partial charge is 0.462 e. The zero-order valence-electron chi connectivity index (χ0n) is 9.37. The van der Waals surface area contributed by atoms with Gasteiger partial charge in [-0.1, -0.05) is 12.8 Å². The molecule has 1 saturated carbocycles.